The predicted molar refractivity (Wildman–Crippen MR) is 126 cm³/mol. The Morgan fingerprint density at radius 1 is 1.09 bits per heavy atom. The number of nitrogens with zero attached hydrogens (tertiary/aromatic N) is 3. The quantitative estimate of drug-likeness (QED) is 0.566. The summed E-state index contributed by atoms with van der Waals surface area (Å²) in [6.07, 6.45) is 5.46. The minimum atomic E-state index is -0.198. The van der Waals surface area contributed by atoms with Crippen LogP contribution < -0.4 is 14.8 Å². The van der Waals surface area contributed by atoms with E-state index in [0.717, 1.165) is 55.2 Å². The topological polar surface area (TPSA) is 76.6 Å². The van der Waals surface area contributed by atoms with Gasteiger partial charge in [-0.05, 0) is 67.8 Å². The van der Waals surface area contributed by atoms with Gasteiger partial charge in [0.2, 0.25) is 0 Å². The van der Waals surface area contributed by atoms with Crippen molar-refractivity contribution in [3.63, 3.8) is 0 Å². The second kappa shape index (κ2) is 10.9. The third-order valence-electron chi connectivity index (χ3n) is 6.09. The van der Waals surface area contributed by atoms with Crippen molar-refractivity contribution >= 4 is 5.91 Å². The molecule has 3 aromatic rings. The van der Waals surface area contributed by atoms with Gasteiger partial charge in [-0.1, -0.05) is 12.1 Å². The average Bonchev–Trinajstić information content (AvgIpc) is 2.88. The molecule has 1 aliphatic rings. The molecular weight excluding hydrogens is 416 g/mol. The molecule has 0 saturated carbocycles. The maximum Gasteiger partial charge on any atom is 0.270 e. The summed E-state index contributed by atoms with van der Waals surface area (Å²) in [6, 6.07) is 16.9. The Morgan fingerprint density at radius 2 is 1.91 bits per heavy atom. The number of carbonyl (C=O) groups excluding carboxylic acids is 1. The molecule has 2 aromatic heterocycles. The molecule has 4 rings (SSSR count). The van der Waals surface area contributed by atoms with Crippen molar-refractivity contribution in [1.29, 1.82) is 0 Å². The third-order valence-corrected chi connectivity index (χ3v) is 6.09. The molecule has 0 bridgehead atoms. The number of aromatic nitrogens is 2. The molecule has 3 heterocycles. The van der Waals surface area contributed by atoms with E-state index < -0.39 is 0 Å². The summed E-state index contributed by atoms with van der Waals surface area (Å²) in [6.45, 7) is 2.57. The summed E-state index contributed by atoms with van der Waals surface area (Å²) >= 11 is 0. The number of methoxy groups -OCH3 is 2. The standard InChI is InChI=1S/C26H30N4O3/c1-32-21-11-12-24(33-2)20(16-21)18-30-15-7-8-19(17-30)25(22-9-3-5-13-27-22)29-26(31)23-10-4-6-14-28-23/h3-6,9-14,16,19,25H,7-8,15,17-18H2,1-2H3,(H,29,31). The first kappa shape index (κ1) is 22.7. The molecule has 172 valence electrons. The zero-order chi connectivity index (χ0) is 23.0. The Bertz CT molecular complexity index is 1050. The second-order valence-electron chi connectivity index (χ2n) is 8.24. The number of pyridine rings is 2. The lowest BCUT2D eigenvalue weighted by Gasteiger charge is -2.37. The van der Waals surface area contributed by atoms with Gasteiger partial charge >= 0.3 is 0 Å². The van der Waals surface area contributed by atoms with Crippen LogP contribution in [0.2, 0.25) is 0 Å². The van der Waals surface area contributed by atoms with Crippen molar-refractivity contribution in [3.8, 4) is 11.5 Å². The molecule has 1 aromatic carbocycles. The van der Waals surface area contributed by atoms with Crippen molar-refractivity contribution < 1.29 is 14.3 Å². The summed E-state index contributed by atoms with van der Waals surface area (Å²) in [5.74, 6) is 1.70. The van der Waals surface area contributed by atoms with Crippen LogP contribution in [0, 0.1) is 5.92 Å². The smallest absolute Gasteiger partial charge is 0.270 e. The van der Waals surface area contributed by atoms with E-state index in [1.165, 1.54) is 0 Å². The largest absolute Gasteiger partial charge is 0.497 e. The maximum absolute atomic E-state index is 13.0. The third kappa shape index (κ3) is 5.68. The van der Waals surface area contributed by atoms with E-state index in [1.54, 1.807) is 38.7 Å². The van der Waals surface area contributed by atoms with E-state index in [-0.39, 0.29) is 17.9 Å². The number of hydrogen-bond acceptors (Lipinski definition) is 6. The van der Waals surface area contributed by atoms with Gasteiger partial charge in [0.15, 0.2) is 0 Å². The fourth-order valence-electron chi connectivity index (χ4n) is 4.46. The van der Waals surface area contributed by atoms with Crippen LogP contribution in [0.15, 0.2) is 67.0 Å². The molecule has 1 fully saturated rings. The van der Waals surface area contributed by atoms with Crippen molar-refractivity contribution in [1.82, 2.24) is 20.2 Å². The molecule has 2 atom stereocenters. The van der Waals surface area contributed by atoms with E-state index in [2.05, 4.69) is 20.2 Å². The van der Waals surface area contributed by atoms with Gasteiger partial charge < -0.3 is 14.8 Å². The number of piperidine rings is 1. The average molecular weight is 447 g/mol. The molecule has 2 unspecified atom stereocenters. The van der Waals surface area contributed by atoms with Crippen LogP contribution in [0.4, 0.5) is 0 Å². The summed E-state index contributed by atoms with van der Waals surface area (Å²) in [5, 5.41) is 3.21. The normalized spacial score (nSPS) is 17.2. The lowest BCUT2D eigenvalue weighted by Crippen LogP contribution is -2.43. The number of rotatable bonds is 8. The highest BCUT2D eigenvalue weighted by Gasteiger charge is 2.31. The molecule has 33 heavy (non-hydrogen) atoms. The SMILES string of the molecule is COc1ccc(OC)c(CN2CCCC(C(NC(=O)c3ccccn3)c3ccccn3)C2)c1. The zero-order valence-corrected chi connectivity index (χ0v) is 19.1. The molecule has 7 heteroatoms. The van der Waals surface area contributed by atoms with Gasteiger partial charge in [0, 0.05) is 31.0 Å². The zero-order valence-electron chi connectivity index (χ0n) is 19.1. The fourth-order valence-corrected chi connectivity index (χ4v) is 4.46. The van der Waals surface area contributed by atoms with Crippen LogP contribution in [0.25, 0.3) is 0 Å². The van der Waals surface area contributed by atoms with Gasteiger partial charge in [0.1, 0.15) is 17.2 Å². The predicted octanol–water partition coefficient (Wildman–Crippen LogP) is 3.88. The Hall–Kier alpha value is -3.45. The van der Waals surface area contributed by atoms with Crippen LogP contribution >= 0.6 is 0 Å². The van der Waals surface area contributed by atoms with Crippen molar-refractivity contribution in [2.24, 2.45) is 5.92 Å². The number of amides is 1. The second-order valence-corrected chi connectivity index (χ2v) is 8.24. The van der Waals surface area contributed by atoms with Crippen LogP contribution in [-0.4, -0.2) is 48.1 Å². The monoisotopic (exact) mass is 446 g/mol. The van der Waals surface area contributed by atoms with E-state index in [9.17, 15) is 4.79 Å². The summed E-state index contributed by atoms with van der Waals surface area (Å²) in [7, 11) is 3.36. The van der Waals surface area contributed by atoms with Crippen LogP contribution in [0.1, 0.15) is 40.6 Å². The highest BCUT2D eigenvalue weighted by Crippen LogP contribution is 2.32. The number of carbonyl (C=O) groups is 1. The maximum atomic E-state index is 13.0. The van der Waals surface area contributed by atoms with E-state index >= 15 is 0 Å². The summed E-state index contributed by atoms with van der Waals surface area (Å²) in [4.78, 5) is 24.1. The minimum Gasteiger partial charge on any atom is -0.497 e. The molecule has 0 radical (unpaired) electrons. The number of benzene rings is 1. The molecular formula is C26H30N4O3. The van der Waals surface area contributed by atoms with Gasteiger partial charge in [-0.3, -0.25) is 19.7 Å². The van der Waals surface area contributed by atoms with Crippen LogP contribution in [0.5, 0.6) is 11.5 Å². The Labute approximate surface area is 194 Å². The first-order chi connectivity index (χ1) is 16.2. The molecule has 0 aliphatic carbocycles. The van der Waals surface area contributed by atoms with E-state index in [0.29, 0.717) is 5.69 Å². The van der Waals surface area contributed by atoms with E-state index in [1.807, 2.05) is 42.5 Å². The van der Waals surface area contributed by atoms with E-state index in [4.69, 9.17) is 9.47 Å². The number of likely N-dealkylation sites (tertiary alicyclic amines) is 1. The molecule has 7 nitrogen and oxygen atoms in total. The highest BCUT2D eigenvalue weighted by molar-refractivity contribution is 5.92. The van der Waals surface area contributed by atoms with Gasteiger partial charge in [-0.2, -0.15) is 0 Å². The van der Waals surface area contributed by atoms with Gasteiger partial charge in [-0.15, -0.1) is 0 Å². The van der Waals surface area contributed by atoms with Crippen molar-refractivity contribution in [3.05, 3.63) is 83.9 Å². The first-order valence-electron chi connectivity index (χ1n) is 11.2. The first-order valence-corrected chi connectivity index (χ1v) is 11.2. The van der Waals surface area contributed by atoms with Gasteiger partial charge in [0.05, 0.1) is 26.0 Å². The lowest BCUT2D eigenvalue weighted by atomic mass is 9.88. The number of nitrogens with one attached hydrogen (secondary N) is 1. The van der Waals surface area contributed by atoms with Crippen molar-refractivity contribution in [2.75, 3.05) is 27.3 Å². The van der Waals surface area contributed by atoms with Crippen LogP contribution in [-0.2, 0) is 6.54 Å². The molecule has 1 N–H and O–H groups in total. The summed E-state index contributed by atoms with van der Waals surface area (Å²) in [5.41, 5.74) is 2.37. The lowest BCUT2D eigenvalue weighted by molar-refractivity contribution is 0.0869. The minimum absolute atomic E-state index is 0.183. The molecule has 0 spiro atoms. The summed E-state index contributed by atoms with van der Waals surface area (Å²) < 4.78 is 11.0. The Balaban J connectivity index is 1.53. The van der Waals surface area contributed by atoms with Gasteiger partial charge in [-0.25, -0.2) is 0 Å². The number of ether oxygens (including phenoxy) is 2. The molecule has 1 saturated heterocycles. The van der Waals surface area contributed by atoms with Crippen molar-refractivity contribution in [2.45, 2.75) is 25.4 Å². The Kier molecular flexibility index (Phi) is 7.52. The Morgan fingerprint density at radius 3 is 2.61 bits per heavy atom. The van der Waals surface area contributed by atoms with Crippen LogP contribution in [0.3, 0.4) is 0 Å². The molecule has 1 amide bonds. The molecule has 1 aliphatic heterocycles. The fraction of sp³-hybridized carbons (Fsp3) is 0.346. The highest BCUT2D eigenvalue weighted by atomic mass is 16.5. The number of hydrogen-bond donors (Lipinski definition) is 1. The van der Waals surface area contributed by atoms with Gasteiger partial charge in [0.25, 0.3) is 5.91 Å².